The number of carbonyl (C=O) groups is 1. The summed E-state index contributed by atoms with van der Waals surface area (Å²) < 4.78 is 11.8. The number of aromatic nitrogens is 1. The van der Waals surface area contributed by atoms with Crippen molar-refractivity contribution in [2.45, 2.75) is 42.0 Å². The number of thiazole rings is 1. The first-order chi connectivity index (χ1) is 13.8. The number of carbonyl (C=O) groups excluding carboxylic acids is 1. The molecule has 7 heteroatoms. The second-order valence-electron chi connectivity index (χ2n) is 7.29. The lowest BCUT2D eigenvalue weighted by Gasteiger charge is -2.19. The van der Waals surface area contributed by atoms with Crippen LogP contribution in [0.5, 0.6) is 5.75 Å². The lowest BCUT2D eigenvalue weighted by Crippen LogP contribution is -2.32. The first-order valence-electron chi connectivity index (χ1n) is 9.16. The van der Waals surface area contributed by atoms with Crippen LogP contribution >= 0.6 is 23.1 Å². The van der Waals surface area contributed by atoms with Crippen LogP contribution in [0.4, 0.5) is 4.79 Å². The van der Waals surface area contributed by atoms with E-state index in [2.05, 4.69) is 28.5 Å². The summed E-state index contributed by atoms with van der Waals surface area (Å²) in [6, 6.07) is 16.4. The average molecular weight is 429 g/mol. The fourth-order valence-electron chi connectivity index (χ4n) is 2.55. The van der Waals surface area contributed by atoms with Gasteiger partial charge in [-0.3, -0.25) is 0 Å². The summed E-state index contributed by atoms with van der Waals surface area (Å²) in [5.41, 5.74) is 1.72. The van der Waals surface area contributed by atoms with E-state index in [0.717, 1.165) is 31.0 Å². The van der Waals surface area contributed by atoms with Crippen molar-refractivity contribution in [1.82, 2.24) is 10.3 Å². The molecular weight excluding hydrogens is 404 g/mol. The molecule has 152 valence electrons. The van der Waals surface area contributed by atoms with Gasteiger partial charge in [0, 0.05) is 4.90 Å². The molecule has 1 amide bonds. The number of benzene rings is 2. The summed E-state index contributed by atoms with van der Waals surface area (Å²) in [5.74, 6) is 0.810. The predicted octanol–water partition coefficient (Wildman–Crippen LogP) is 5.99. The molecule has 0 saturated carbocycles. The molecule has 0 radical (unpaired) electrons. The normalized spacial score (nSPS) is 11.2. The van der Waals surface area contributed by atoms with Gasteiger partial charge in [-0.15, -0.1) is 11.3 Å². The third-order valence-electron chi connectivity index (χ3n) is 3.76. The van der Waals surface area contributed by atoms with Crippen LogP contribution in [0.15, 0.2) is 63.8 Å². The van der Waals surface area contributed by atoms with Gasteiger partial charge in [-0.2, -0.15) is 0 Å². The molecule has 3 aromatic rings. The lowest BCUT2D eigenvalue weighted by molar-refractivity contribution is 0.0523. The molecule has 0 bridgehead atoms. The average Bonchev–Trinajstić information content (AvgIpc) is 3.13. The molecule has 0 fully saturated rings. The number of nitrogens with zero attached hydrogens (tertiary/aromatic N) is 1. The first kappa shape index (κ1) is 21.2. The zero-order valence-electron chi connectivity index (χ0n) is 16.9. The molecule has 0 aliphatic rings. The number of ether oxygens (including phenoxy) is 2. The number of hydrogen-bond acceptors (Lipinski definition) is 6. The van der Waals surface area contributed by atoms with E-state index in [9.17, 15) is 4.79 Å². The van der Waals surface area contributed by atoms with Crippen LogP contribution in [0.3, 0.4) is 0 Å². The Labute approximate surface area is 179 Å². The molecule has 0 atom stereocenters. The van der Waals surface area contributed by atoms with Crippen LogP contribution in [0.1, 0.15) is 25.8 Å². The molecule has 5 nitrogen and oxygen atoms in total. The van der Waals surface area contributed by atoms with Gasteiger partial charge in [0.25, 0.3) is 0 Å². The number of alkyl carbamates (subject to hydrolysis) is 1. The van der Waals surface area contributed by atoms with Gasteiger partial charge in [0.2, 0.25) is 0 Å². The Kier molecular flexibility index (Phi) is 6.82. The first-order valence-corrected chi connectivity index (χ1v) is 10.8. The van der Waals surface area contributed by atoms with E-state index in [1.165, 1.54) is 0 Å². The largest absolute Gasteiger partial charge is 0.497 e. The monoisotopic (exact) mass is 428 g/mol. The van der Waals surface area contributed by atoms with E-state index in [1.807, 2.05) is 57.3 Å². The van der Waals surface area contributed by atoms with Gasteiger partial charge in [0.05, 0.1) is 24.1 Å². The van der Waals surface area contributed by atoms with Crippen LogP contribution in [0.2, 0.25) is 0 Å². The predicted molar refractivity (Wildman–Crippen MR) is 118 cm³/mol. The maximum absolute atomic E-state index is 11.8. The van der Waals surface area contributed by atoms with Gasteiger partial charge < -0.3 is 14.8 Å². The number of amides is 1. The highest BCUT2D eigenvalue weighted by atomic mass is 32.2. The molecule has 0 unspecified atom stereocenters. The van der Waals surface area contributed by atoms with Gasteiger partial charge in [-0.05, 0) is 50.1 Å². The Bertz CT molecular complexity index is 966. The van der Waals surface area contributed by atoms with Crippen LogP contribution < -0.4 is 10.1 Å². The van der Waals surface area contributed by atoms with E-state index in [0.29, 0.717) is 6.54 Å². The molecule has 2 aromatic carbocycles. The van der Waals surface area contributed by atoms with Crippen LogP contribution in [-0.2, 0) is 11.3 Å². The maximum atomic E-state index is 11.8. The number of nitrogens with one attached hydrogen (secondary N) is 1. The Morgan fingerprint density at radius 1 is 1.14 bits per heavy atom. The smallest absolute Gasteiger partial charge is 0.408 e. The SMILES string of the molecule is COc1cc(Sc2cnc(CNC(=O)OC(C)(C)C)s2)cc(-c2ccccc2)c1. The minimum atomic E-state index is -0.517. The molecule has 1 aromatic heterocycles. The highest BCUT2D eigenvalue weighted by molar-refractivity contribution is 8.01. The Morgan fingerprint density at radius 3 is 2.59 bits per heavy atom. The quantitative estimate of drug-likeness (QED) is 0.522. The van der Waals surface area contributed by atoms with Gasteiger partial charge >= 0.3 is 6.09 Å². The van der Waals surface area contributed by atoms with Crippen molar-refractivity contribution in [2.24, 2.45) is 0 Å². The third-order valence-corrected chi connectivity index (χ3v) is 5.83. The summed E-state index contributed by atoms with van der Waals surface area (Å²) in [7, 11) is 1.67. The molecular formula is C22H24N2O3S2. The fourth-order valence-corrected chi connectivity index (χ4v) is 4.58. The molecule has 1 heterocycles. The minimum Gasteiger partial charge on any atom is -0.497 e. The van der Waals surface area contributed by atoms with Gasteiger partial charge in [-0.1, -0.05) is 42.1 Å². The Balaban J connectivity index is 1.68. The molecule has 0 saturated heterocycles. The summed E-state index contributed by atoms with van der Waals surface area (Å²) in [6.07, 6.45) is 1.38. The molecule has 29 heavy (non-hydrogen) atoms. The van der Waals surface area contributed by atoms with Crippen molar-refractivity contribution in [1.29, 1.82) is 0 Å². The number of rotatable bonds is 6. The second kappa shape index (κ2) is 9.33. The Morgan fingerprint density at radius 2 is 1.90 bits per heavy atom. The molecule has 0 aliphatic carbocycles. The van der Waals surface area contributed by atoms with Gasteiger partial charge in [0.15, 0.2) is 0 Å². The van der Waals surface area contributed by atoms with E-state index in [4.69, 9.17) is 9.47 Å². The highest BCUT2D eigenvalue weighted by Gasteiger charge is 2.16. The van der Waals surface area contributed by atoms with Gasteiger partial charge in [0.1, 0.15) is 16.4 Å². The van der Waals surface area contributed by atoms with Crippen molar-refractivity contribution in [3.8, 4) is 16.9 Å². The summed E-state index contributed by atoms with van der Waals surface area (Å²) in [4.78, 5) is 17.3. The summed E-state index contributed by atoms with van der Waals surface area (Å²) in [5, 5.41) is 3.56. The standard InChI is InChI=1S/C22H24N2O3S2/c1-22(2,3)27-21(25)24-13-19-23-14-20(29-19)28-18-11-16(10-17(12-18)26-4)15-8-6-5-7-9-15/h5-12,14H,13H2,1-4H3,(H,24,25). The Hall–Kier alpha value is -2.51. The van der Waals surface area contributed by atoms with Crippen molar-refractivity contribution >= 4 is 29.2 Å². The minimum absolute atomic E-state index is 0.341. The highest BCUT2D eigenvalue weighted by Crippen LogP contribution is 2.37. The molecule has 0 spiro atoms. The van der Waals surface area contributed by atoms with Crippen molar-refractivity contribution in [2.75, 3.05) is 7.11 Å². The lowest BCUT2D eigenvalue weighted by atomic mass is 10.1. The number of methoxy groups -OCH3 is 1. The van der Waals surface area contributed by atoms with Crippen molar-refractivity contribution < 1.29 is 14.3 Å². The van der Waals surface area contributed by atoms with Crippen LogP contribution in [-0.4, -0.2) is 23.8 Å². The summed E-state index contributed by atoms with van der Waals surface area (Å²) >= 11 is 3.17. The van der Waals surface area contributed by atoms with E-state index < -0.39 is 11.7 Å². The molecule has 1 N–H and O–H groups in total. The summed E-state index contributed by atoms with van der Waals surface area (Å²) in [6.45, 7) is 5.85. The molecule has 0 aliphatic heterocycles. The third kappa shape index (κ3) is 6.51. The van der Waals surface area contributed by atoms with E-state index in [1.54, 1.807) is 30.2 Å². The molecule has 3 rings (SSSR count). The number of hydrogen-bond donors (Lipinski definition) is 1. The maximum Gasteiger partial charge on any atom is 0.408 e. The van der Waals surface area contributed by atoms with E-state index in [-0.39, 0.29) is 0 Å². The second-order valence-corrected chi connectivity index (χ2v) is 9.78. The topological polar surface area (TPSA) is 60.5 Å². The van der Waals surface area contributed by atoms with Crippen molar-refractivity contribution in [3.63, 3.8) is 0 Å². The van der Waals surface area contributed by atoms with E-state index >= 15 is 0 Å². The zero-order valence-corrected chi connectivity index (χ0v) is 18.5. The fraction of sp³-hybridized carbons (Fsp3) is 0.273. The van der Waals surface area contributed by atoms with Crippen LogP contribution in [0.25, 0.3) is 11.1 Å². The van der Waals surface area contributed by atoms with Crippen LogP contribution in [0, 0.1) is 0 Å². The zero-order chi connectivity index (χ0) is 20.9. The van der Waals surface area contributed by atoms with Gasteiger partial charge in [-0.25, -0.2) is 9.78 Å². The van der Waals surface area contributed by atoms with Crippen molar-refractivity contribution in [3.05, 3.63) is 59.7 Å².